The average molecular weight is 218 g/mol. The van der Waals surface area contributed by atoms with Crippen molar-refractivity contribution in [3.05, 3.63) is 35.5 Å². The Kier molecular flexibility index (Phi) is 5.05. The molecule has 1 atom stereocenters. The maximum Gasteiger partial charge on any atom is -0.0168 e. The molecule has 0 fully saturated rings. The zero-order chi connectivity index (χ0) is 12.1. The van der Waals surface area contributed by atoms with Crippen molar-refractivity contribution in [2.24, 2.45) is 5.92 Å². The summed E-state index contributed by atoms with van der Waals surface area (Å²) in [5.74, 6) is 0.687. The van der Waals surface area contributed by atoms with Crippen LogP contribution in [0.15, 0.2) is 35.5 Å². The van der Waals surface area contributed by atoms with Crippen molar-refractivity contribution in [1.82, 2.24) is 0 Å². The van der Waals surface area contributed by atoms with Gasteiger partial charge >= 0.3 is 0 Å². The maximum atomic E-state index is 4.36. The van der Waals surface area contributed by atoms with Gasteiger partial charge < -0.3 is 0 Å². The molecule has 0 N–H and O–H groups in total. The highest BCUT2D eigenvalue weighted by atomic mass is 14.3. The molecule has 1 rings (SSSR count). The van der Waals surface area contributed by atoms with Crippen molar-refractivity contribution in [1.29, 1.82) is 0 Å². The molecule has 1 unspecified atom stereocenters. The lowest BCUT2D eigenvalue weighted by atomic mass is 9.86. The molecule has 0 aromatic heterocycles. The van der Waals surface area contributed by atoms with Crippen LogP contribution in [0.1, 0.15) is 59.3 Å². The topological polar surface area (TPSA) is 0 Å². The van der Waals surface area contributed by atoms with Gasteiger partial charge in [0.1, 0.15) is 0 Å². The molecule has 0 radical (unpaired) electrons. The molecule has 0 bridgehead atoms. The standard InChI is InChI=1S/C16H26/c1-6-9-14(7-2)13(5)16-11-8-10-15(16)12(3)4/h14H,3,5-11H2,1-2,4H3. The number of hydrogen-bond acceptors (Lipinski definition) is 0. The first-order valence-electron chi connectivity index (χ1n) is 6.68. The number of rotatable bonds is 6. The van der Waals surface area contributed by atoms with E-state index in [1.165, 1.54) is 60.8 Å². The van der Waals surface area contributed by atoms with Crippen molar-refractivity contribution in [2.75, 3.05) is 0 Å². The minimum absolute atomic E-state index is 0.687. The lowest BCUT2D eigenvalue weighted by Crippen LogP contribution is -2.04. The first-order valence-corrected chi connectivity index (χ1v) is 6.68. The Balaban J connectivity index is 2.86. The summed E-state index contributed by atoms with van der Waals surface area (Å²) in [5.41, 5.74) is 5.69. The third-order valence-corrected chi connectivity index (χ3v) is 3.74. The van der Waals surface area contributed by atoms with Gasteiger partial charge in [-0.3, -0.25) is 0 Å². The van der Waals surface area contributed by atoms with Crippen molar-refractivity contribution < 1.29 is 0 Å². The summed E-state index contributed by atoms with van der Waals surface area (Å²) in [4.78, 5) is 0. The molecule has 1 aliphatic carbocycles. The van der Waals surface area contributed by atoms with Crippen LogP contribution in [0.3, 0.4) is 0 Å². The third kappa shape index (κ3) is 2.87. The molecule has 0 spiro atoms. The Hall–Kier alpha value is -0.780. The minimum atomic E-state index is 0.687. The predicted octanol–water partition coefficient (Wildman–Crippen LogP) is 5.43. The third-order valence-electron chi connectivity index (χ3n) is 3.74. The highest BCUT2D eigenvalue weighted by Crippen LogP contribution is 2.38. The van der Waals surface area contributed by atoms with Crippen LogP contribution in [0.2, 0.25) is 0 Å². The van der Waals surface area contributed by atoms with Gasteiger partial charge in [-0.15, -0.1) is 0 Å². The molecule has 0 amide bonds. The minimum Gasteiger partial charge on any atom is -0.0958 e. The summed E-state index contributed by atoms with van der Waals surface area (Å²) in [6.07, 6.45) is 7.49. The second kappa shape index (κ2) is 6.08. The summed E-state index contributed by atoms with van der Waals surface area (Å²) >= 11 is 0. The Labute approximate surface area is 101 Å². The first-order chi connectivity index (χ1) is 7.61. The molecule has 0 aromatic carbocycles. The van der Waals surface area contributed by atoms with E-state index < -0.39 is 0 Å². The van der Waals surface area contributed by atoms with Gasteiger partial charge in [-0.1, -0.05) is 39.0 Å². The zero-order valence-electron chi connectivity index (χ0n) is 11.2. The average Bonchev–Trinajstić information content (AvgIpc) is 2.73. The maximum absolute atomic E-state index is 4.36. The van der Waals surface area contributed by atoms with Crippen molar-refractivity contribution in [3.8, 4) is 0 Å². The highest BCUT2D eigenvalue weighted by molar-refractivity contribution is 5.45. The van der Waals surface area contributed by atoms with E-state index in [0.29, 0.717) is 5.92 Å². The Bertz CT molecular complexity index is 304. The Morgan fingerprint density at radius 2 is 1.81 bits per heavy atom. The zero-order valence-corrected chi connectivity index (χ0v) is 11.2. The van der Waals surface area contributed by atoms with Gasteiger partial charge in [0.2, 0.25) is 0 Å². The second-order valence-corrected chi connectivity index (χ2v) is 5.01. The van der Waals surface area contributed by atoms with Crippen LogP contribution in [-0.4, -0.2) is 0 Å². The second-order valence-electron chi connectivity index (χ2n) is 5.01. The lowest BCUT2D eigenvalue weighted by Gasteiger charge is -2.20. The van der Waals surface area contributed by atoms with Gasteiger partial charge in [0.15, 0.2) is 0 Å². The predicted molar refractivity (Wildman–Crippen MR) is 73.5 cm³/mol. The molecule has 0 aliphatic heterocycles. The summed E-state index contributed by atoms with van der Waals surface area (Å²) in [7, 11) is 0. The molecule has 0 heteroatoms. The van der Waals surface area contributed by atoms with Gasteiger partial charge in [0.05, 0.1) is 0 Å². The fourth-order valence-electron chi connectivity index (χ4n) is 2.79. The van der Waals surface area contributed by atoms with E-state index in [-0.39, 0.29) is 0 Å². The summed E-state index contributed by atoms with van der Waals surface area (Å²) < 4.78 is 0. The quantitative estimate of drug-likeness (QED) is 0.558. The molecular formula is C16H26. The van der Waals surface area contributed by atoms with Crippen LogP contribution >= 0.6 is 0 Å². The fraction of sp³-hybridized carbons (Fsp3) is 0.625. The summed E-state index contributed by atoms with van der Waals surface area (Å²) in [6, 6.07) is 0. The molecule has 16 heavy (non-hydrogen) atoms. The van der Waals surface area contributed by atoms with Gasteiger partial charge in [0.25, 0.3) is 0 Å². The number of hydrogen-bond donors (Lipinski definition) is 0. The van der Waals surface area contributed by atoms with Crippen LogP contribution in [0.25, 0.3) is 0 Å². The SMILES string of the molecule is C=C(C)C1=C(C(=C)C(CC)CCC)CCC1. The molecule has 90 valence electrons. The van der Waals surface area contributed by atoms with Gasteiger partial charge in [-0.25, -0.2) is 0 Å². The molecule has 0 saturated carbocycles. The monoisotopic (exact) mass is 218 g/mol. The van der Waals surface area contributed by atoms with E-state index in [1.807, 2.05) is 0 Å². The summed E-state index contributed by atoms with van der Waals surface area (Å²) in [6.45, 7) is 15.1. The molecular weight excluding hydrogens is 192 g/mol. The van der Waals surface area contributed by atoms with Gasteiger partial charge in [-0.2, -0.15) is 0 Å². The fourth-order valence-corrected chi connectivity index (χ4v) is 2.79. The molecule has 0 heterocycles. The van der Waals surface area contributed by atoms with Crippen molar-refractivity contribution in [3.63, 3.8) is 0 Å². The van der Waals surface area contributed by atoms with Crippen molar-refractivity contribution in [2.45, 2.75) is 59.3 Å². The smallest absolute Gasteiger partial charge is 0.0168 e. The van der Waals surface area contributed by atoms with Crippen LogP contribution in [0, 0.1) is 5.92 Å². The molecule has 0 saturated heterocycles. The van der Waals surface area contributed by atoms with Crippen LogP contribution in [0.4, 0.5) is 0 Å². The van der Waals surface area contributed by atoms with E-state index >= 15 is 0 Å². The van der Waals surface area contributed by atoms with E-state index in [9.17, 15) is 0 Å². The molecule has 1 aliphatic rings. The van der Waals surface area contributed by atoms with E-state index in [4.69, 9.17) is 0 Å². The highest BCUT2D eigenvalue weighted by Gasteiger charge is 2.21. The van der Waals surface area contributed by atoms with E-state index in [2.05, 4.69) is 33.9 Å². The van der Waals surface area contributed by atoms with Gasteiger partial charge in [-0.05, 0) is 61.7 Å². The van der Waals surface area contributed by atoms with E-state index in [0.717, 1.165) is 0 Å². The normalized spacial score (nSPS) is 17.7. The molecule has 0 aromatic rings. The lowest BCUT2D eigenvalue weighted by molar-refractivity contribution is 0.538. The van der Waals surface area contributed by atoms with Crippen LogP contribution in [0.5, 0.6) is 0 Å². The van der Waals surface area contributed by atoms with Crippen LogP contribution < -0.4 is 0 Å². The Morgan fingerprint density at radius 3 is 2.31 bits per heavy atom. The number of allylic oxidation sites excluding steroid dienone is 4. The molecule has 0 nitrogen and oxygen atoms in total. The summed E-state index contributed by atoms with van der Waals surface area (Å²) in [5, 5.41) is 0. The van der Waals surface area contributed by atoms with E-state index in [1.54, 1.807) is 0 Å². The Morgan fingerprint density at radius 1 is 1.19 bits per heavy atom. The first kappa shape index (κ1) is 13.3. The van der Waals surface area contributed by atoms with Crippen molar-refractivity contribution >= 4 is 0 Å². The van der Waals surface area contributed by atoms with Crippen LogP contribution in [-0.2, 0) is 0 Å². The van der Waals surface area contributed by atoms with Gasteiger partial charge in [0, 0.05) is 0 Å². The largest absolute Gasteiger partial charge is 0.0958 e.